The number of benzene rings is 11. The lowest BCUT2D eigenvalue weighted by Crippen LogP contribution is -2.49. The van der Waals surface area contributed by atoms with Crippen LogP contribution in [0.25, 0.3) is 110 Å². The summed E-state index contributed by atoms with van der Waals surface area (Å²) in [5.74, 6) is 0. The molecule has 0 atom stereocenters. The summed E-state index contributed by atoms with van der Waals surface area (Å²) >= 11 is 0. The number of rotatable bonds is 4. The van der Waals surface area contributed by atoms with Gasteiger partial charge < -0.3 is 0 Å². The molecule has 1 aliphatic heterocycles. The molecule has 0 fully saturated rings. The predicted octanol–water partition coefficient (Wildman–Crippen LogP) is 17.2. The van der Waals surface area contributed by atoms with Crippen LogP contribution < -0.4 is 10.4 Å². The van der Waals surface area contributed by atoms with Crippen LogP contribution in [0.5, 0.6) is 0 Å². The van der Waals surface area contributed by atoms with Gasteiger partial charge in [0.15, 0.2) is 0 Å². The van der Waals surface area contributed by atoms with Gasteiger partial charge in [0.05, 0.1) is 0 Å². The van der Waals surface area contributed by atoms with Gasteiger partial charge in [-0.05, 0) is 173 Å². The Morgan fingerprint density at radius 2 is 0.725 bits per heavy atom. The lowest BCUT2D eigenvalue weighted by Gasteiger charge is -2.25. The van der Waals surface area contributed by atoms with E-state index in [4.69, 9.17) is 0 Å². The Balaban J connectivity index is 1.06. The minimum absolute atomic E-state index is 0.121. The molecular formula is C68H52Si. The van der Waals surface area contributed by atoms with E-state index in [1.165, 1.54) is 143 Å². The van der Waals surface area contributed by atoms with Crippen molar-refractivity contribution < 1.29 is 0 Å². The van der Waals surface area contributed by atoms with Crippen LogP contribution in [0.1, 0.15) is 49.9 Å². The molecule has 0 nitrogen and oxygen atoms in total. The van der Waals surface area contributed by atoms with E-state index in [0.29, 0.717) is 0 Å². The van der Waals surface area contributed by atoms with Gasteiger partial charge in [-0.1, -0.05) is 217 Å². The van der Waals surface area contributed by atoms with Crippen LogP contribution in [0.2, 0.25) is 13.1 Å². The molecule has 11 aromatic carbocycles. The van der Waals surface area contributed by atoms with Crippen molar-refractivity contribution in [3.63, 3.8) is 0 Å². The Labute approximate surface area is 406 Å². The Bertz CT molecular complexity index is 4030. The summed E-state index contributed by atoms with van der Waals surface area (Å²) in [4.78, 5) is 0. The molecule has 0 N–H and O–H groups in total. The molecule has 328 valence electrons. The standard InChI is InChI=1S/C68H52Si/c1-67(2)59-20-12-9-17-49(59)51-32-30-47(37-61(51)67)65-54-34-29-46(43-25-23-42(24-26-43)45-28-27-41-15-7-8-16-44(41)35-45)36-56(54)66(48-31-33-52-50-18-10-13-21-60(50)68(3,4)62(52)38-48)58-40-64-55(39-57(58)65)53-19-11-14-22-63(53)69(64,5)6/h7-40H,1-6H3. The third-order valence-corrected chi connectivity index (χ3v) is 20.4. The molecule has 0 radical (unpaired) electrons. The first-order valence-electron chi connectivity index (χ1n) is 24.7. The van der Waals surface area contributed by atoms with Gasteiger partial charge in [0, 0.05) is 10.8 Å². The Kier molecular flexibility index (Phi) is 8.35. The van der Waals surface area contributed by atoms with Crippen molar-refractivity contribution in [1.82, 2.24) is 0 Å². The van der Waals surface area contributed by atoms with Gasteiger partial charge in [-0.15, -0.1) is 0 Å². The number of fused-ring (bicyclic) bond motifs is 12. The summed E-state index contributed by atoms with van der Waals surface area (Å²) in [5.41, 5.74) is 23.7. The van der Waals surface area contributed by atoms with Crippen LogP contribution in [0, 0.1) is 0 Å². The molecule has 3 aliphatic rings. The van der Waals surface area contributed by atoms with Crippen molar-refractivity contribution in [2.45, 2.75) is 51.6 Å². The Morgan fingerprint density at radius 3 is 1.36 bits per heavy atom. The zero-order chi connectivity index (χ0) is 46.6. The molecule has 0 spiro atoms. The highest BCUT2D eigenvalue weighted by Crippen LogP contribution is 2.54. The average molecular weight is 897 g/mol. The van der Waals surface area contributed by atoms with Gasteiger partial charge in [-0.3, -0.25) is 0 Å². The van der Waals surface area contributed by atoms with Gasteiger partial charge in [0.2, 0.25) is 0 Å². The molecule has 1 heteroatoms. The van der Waals surface area contributed by atoms with Gasteiger partial charge in [-0.25, -0.2) is 0 Å². The van der Waals surface area contributed by atoms with Gasteiger partial charge in [0.1, 0.15) is 8.07 Å². The van der Waals surface area contributed by atoms with E-state index in [2.05, 4.69) is 247 Å². The van der Waals surface area contributed by atoms with Gasteiger partial charge in [-0.2, -0.15) is 0 Å². The van der Waals surface area contributed by atoms with Crippen molar-refractivity contribution in [3.05, 3.63) is 229 Å². The van der Waals surface area contributed by atoms with Crippen molar-refractivity contribution in [2.75, 3.05) is 0 Å². The highest BCUT2D eigenvalue weighted by atomic mass is 28.3. The van der Waals surface area contributed by atoms with Crippen LogP contribution in [-0.2, 0) is 10.8 Å². The van der Waals surface area contributed by atoms with Gasteiger partial charge in [0.25, 0.3) is 0 Å². The molecule has 0 bridgehead atoms. The van der Waals surface area contributed by atoms with Crippen LogP contribution in [0.3, 0.4) is 0 Å². The largest absolute Gasteiger partial charge is 0.113 e. The van der Waals surface area contributed by atoms with Crippen molar-refractivity contribution in [1.29, 1.82) is 0 Å². The van der Waals surface area contributed by atoms with E-state index < -0.39 is 8.07 Å². The molecule has 1 heterocycles. The smallest absolute Gasteiger partial charge is 0.0623 e. The van der Waals surface area contributed by atoms with Crippen molar-refractivity contribution in [2.24, 2.45) is 0 Å². The third-order valence-electron chi connectivity index (χ3n) is 16.9. The average Bonchev–Trinajstić information content (AvgIpc) is 3.86. The molecule has 14 rings (SSSR count). The molecule has 0 saturated heterocycles. The molecule has 69 heavy (non-hydrogen) atoms. The topological polar surface area (TPSA) is 0 Å². The summed E-state index contributed by atoms with van der Waals surface area (Å²) in [6.45, 7) is 14.7. The monoisotopic (exact) mass is 896 g/mol. The van der Waals surface area contributed by atoms with Crippen LogP contribution >= 0.6 is 0 Å². The normalized spacial score (nSPS) is 15.2. The van der Waals surface area contributed by atoms with Crippen LogP contribution in [0.4, 0.5) is 0 Å². The number of hydrogen-bond donors (Lipinski definition) is 0. The van der Waals surface area contributed by atoms with Crippen molar-refractivity contribution >= 4 is 50.8 Å². The van der Waals surface area contributed by atoms with E-state index in [-0.39, 0.29) is 10.8 Å². The van der Waals surface area contributed by atoms with Crippen LogP contribution in [-0.4, -0.2) is 8.07 Å². The van der Waals surface area contributed by atoms with E-state index in [0.717, 1.165) is 0 Å². The highest BCUT2D eigenvalue weighted by molar-refractivity contribution is 7.04. The SMILES string of the molecule is CC1(C)c2ccccc2-c2ccc(-c3c4ccc(-c5ccc(-c6ccc7ccccc7c6)cc5)cc4c(-c4ccc5c(c4)C(C)(C)c4ccccc4-5)c4cc5c(cc34)-c3ccccc3[Si]5(C)C)cc21. The summed E-state index contributed by atoms with van der Waals surface area (Å²) < 4.78 is 0. The maximum absolute atomic E-state index is 2.65. The zero-order valence-electron chi connectivity index (χ0n) is 40.1. The van der Waals surface area contributed by atoms with Crippen LogP contribution in [0.15, 0.2) is 206 Å². The first-order valence-corrected chi connectivity index (χ1v) is 27.7. The number of hydrogen-bond acceptors (Lipinski definition) is 0. The van der Waals surface area contributed by atoms with Crippen molar-refractivity contribution in [3.8, 4) is 77.9 Å². The second-order valence-corrected chi connectivity index (χ2v) is 26.0. The lowest BCUT2D eigenvalue weighted by atomic mass is 9.79. The second-order valence-electron chi connectivity index (χ2n) is 21.6. The molecule has 0 amide bonds. The fourth-order valence-electron chi connectivity index (χ4n) is 13.2. The molecule has 11 aromatic rings. The molecule has 2 aliphatic carbocycles. The lowest BCUT2D eigenvalue weighted by molar-refractivity contribution is 0.660. The highest BCUT2D eigenvalue weighted by Gasteiger charge is 2.40. The summed E-state index contributed by atoms with van der Waals surface area (Å²) in [7, 11) is -2.05. The summed E-state index contributed by atoms with van der Waals surface area (Å²) in [6.07, 6.45) is 0. The fourth-order valence-corrected chi connectivity index (χ4v) is 16.2. The summed E-state index contributed by atoms with van der Waals surface area (Å²) in [5, 5.41) is 10.8. The zero-order valence-corrected chi connectivity index (χ0v) is 41.1. The fraction of sp³-hybridized carbons (Fsp3) is 0.118. The maximum atomic E-state index is 2.65. The molecule has 0 saturated carbocycles. The molecule has 0 unspecified atom stereocenters. The first kappa shape index (κ1) is 40.5. The van der Waals surface area contributed by atoms with E-state index in [1.807, 2.05) is 0 Å². The quantitative estimate of drug-likeness (QED) is 0.122. The van der Waals surface area contributed by atoms with E-state index >= 15 is 0 Å². The molecular weight excluding hydrogens is 845 g/mol. The van der Waals surface area contributed by atoms with E-state index in [9.17, 15) is 0 Å². The van der Waals surface area contributed by atoms with Gasteiger partial charge >= 0.3 is 0 Å². The minimum Gasteiger partial charge on any atom is -0.0623 e. The third kappa shape index (κ3) is 5.69. The summed E-state index contributed by atoms with van der Waals surface area (Å²) in [6, 6.07) is 79.3. The first-order chi connectivity index (χ1) is 33.5. The minimum atomic E-state index is -2.05. The molecule has 0 aromatic heterocycles. The second kappa shape index (κ2) is 14.2. The predicted molar refractivity (Wildman–Crippen MR) is 298 cm³/mol. The van der Waals surface area contributed by atoms with E-state index in [1.54, 1.807) is 0 Å². The Morgan fingerprint density at radius 1 is 0.275 bits per heavy atom. The Hall–Kier alpha value is -7.58. The maximum Gasteiger partial charge on any atom is 0.113 e.